The van der Waals surface area contributed by atoms with Gasteiger partial charge in [0.2, 0.25) is 5.95 Å². The van der Waals surface area contributed by atoms with Crippen LogP contribution in [0.1, 0.15) is 31.2 Å². The standard InChI is InChI=1S/C19H22BrN5O3/c20-14-11-21-17(22-12-14)25(16-8-6-15(7-9-16)24-19(27)28)18(26)23-10-13-4-2-1-3-5-13/h1-5,11-12,15-16,24H,6-10H2,(H,23,26)(H,27,28). The summed E-state index contributed by atoms with van der Waals surface area (Å²) in [6.45, 7) is 0.405. The molecule has 0 atom stereocenters. The van der Waals surface area contributed by atoms with Gasteiger partial charge in [0.25, 0.3) is 0 Å². The van der Waals surface area contributed by atoms with Crippen molar-refractivity contribution in [3.05, 3.63) is 52.8 Å². The second-order valence-corrected chi connectivity index (χ2v) is 7.59. The summed E-state index contributed by atoms with van der Waals surface area (Å²) in [5, 5.41) is 14.4. The predicted octanol–water partition coefficient (Wildman–Crippen LogP) is 3.53. The molecule has 1 aromatic heterocycles. The van der Waals surface area contributed by atoms with Crippen LogP contribution in [-0.2, 0) is 6.54 Å². The number of carbonyl (C=O) groups is 2. The molecule has 1 aliphatic rings. The Labute approximate surface area is 171 Å². The van der Waals surface area contributed by atoms with Gasteiger partial charge in [0.1, 0.15) is 0 Å². The van der Waals surface area contributed by atoms with Gasteiger partial charge in [0.05, 0.1) is 4.47 Å². The Bertz CT molecular complexity index is 795. The largest absolute Gasteiger partial charge is 0.465 e. The number of rotatable bonds is 5. The van der Waals surface area contributed by atoms with E-state index in [2.05, 4.69) is 36.5 Å². The molecule has 8 nitrogen and oxygen atoms in total. The van der Waals surface area contributed by atoms with Crippen molar-refractivity contribution in [3.63, 3.8) is 0 Å². The molecule has 9 heteroatoms. The Kier molecular flexibility index (Phi) is 6.80. The van der Waals surface area contributed by atoms with Gasteiger partial charge in [-0.05, 0) is 47.2 Å². The van der Waals surface area contributed by atoms with Crippen molar-refractivity contribution in [1.29, 1.82) is 0 Å². The van der Waals surface area contributed by atoms with E-state index in [4.69, 9.17) is 5.11 Å². The highest BCUT2D eigenvalue weighted by Gasteiger charge is 2.32. The first kappa shape index (κ1) is 20.1. The van der Waals surface area contributed by atoms with E-state index in [9.17, 15) is 9.59 Å². The maximum absolute atomic E-state index is 13.0. The fraction of sp³-hybridized carbons (Fsp3) is 0.368. The number of hydrogen-bond donors (Lipinski definition) is 3. The number of hydrogen-bond acceptors (Lipinski definition) is 4. The quantitative estimate of drug-likeness (QED) is 0.649. The molecule has 1 aliphatic carbocycles. The summed E-state index contributed by atoms with van der Waals surface area (Å²) < 4.78 is 0.732. The summed E-state index contributed by atoms with van der Waals surface area (Å²) >= 11 is 3.31. The summed E-state index contributed by atoms with van der Waals surface area (Å²) in [4.78, 5) is 34.0. The summed E-state index contributed by atoms with van der Waals surface area (Å²) in [6.07, 6.45) is 4.87. The van der Waals surface area contributed by atoms with Gasteiger partial charge >= 0.3 is 12.1 Å². The summed E-state index contributed by atoms with van der Waals surface area (Å²) in [5.41, 5.74) is 1.00. The first-order chi connectivity index (χ1) is 13.5. The highest BCUT2D eigenvalue weighted by Crippen LogP contribution is 2.26. The highest BCUT2D eigenvalue weighted by atomic mass is 79.9. The smallest absolute Gasteiger partial charge is 0.404 e. The van der Waals surface area contributed by atoms with Crippen molar-refractivity contribution in [2.75, 3.05) is 4.90 Å². The average Bonchev–Trinajstić information content (AvgIpc) is 2.70. The number of aromatic nitrogens is 2. The zero-order valence-electron chi connectivity index (χ0n) is 15.2. The normalized spacial score (nSPS) is 18.9. The van der Waals surface area contributed by atoms with Gasteiger partial charge in [-0.15, -0.1) is 0 Å². The number of carbonyl (C=O) groups excluding carboxylic acids is 1. The molecule has 1 heterocycles. The van der Waals surface area contributed by atoms with Gasteiger partial charge in [-0.2, -0.15) is 0 Å². The van der Waals surface area contributed by atoms with Crippen LogP contribution >= 0.6 is 15.9 Å². The predicted molar refractivity (Wildman–Crippen MR) is 108 cm³/mol. The van der Waals surface area contributed by atoms with Crippen molar-refractivity contribution in [2.24, 2.45) is 0 Å². The number of nitrogens with one attached hydrogen (secondary N) is 2. The van der Waals surface area contributed by atoms with Crippen LogP contribution in [0.5, 0.6) is 0 Å². The number of benzene rings is 1. The highest BCUT2D eigenvalue weighted by molar-refractivity contribution is 9.10. The number of halogens is 1. The van der Waals surface area contributed by atoms with E-state index in [1.165, 1.54) is 0 Å². The van der Waals surface area contributed by atoms with Gasteiger partial charge in [0.15, 0.2) is 0 Å². The number of amides is 3. The van der Waals surface area contributed by atoms with Crippen molar-refractivity contribution in [2.45, 2.75) is 44.3 Å². The molecule has 148 valence electrons. The van der Waals surface area contributed by atoms with Crippen LogP contribution in [0.2, 0.25) is 0 Å². The van der Waals surface area contributed by atoms with E-state index in [1.54, 1.807) is 17.3 Å². The fourth-order valence-electron chi connectivity index (χ4n) is 3.36. The average molecular weight is 448 g/mol. The number of anilines is 1. The molecule has 0 spiro atoms. The third-order valence-corrected chi connectivity index (χ3v) is 5.13. The Balaban J connectivity index is 1.71. The third-order valence-electron chi connectivity index (χ3n) is 4.72. The second-order valence-electron chi connectivity index (χ2n) is 6.67. The molecule has 0 bridgehead atoms. The van der Waals surface area contributed by atoms with E-state index < -0.39 is 6.09 Å². The third kappa shape index (κ3) is 5.41. The van der Waals surface area contributed by atoms with Crippen LogP contribution in [0.15, 0.2) is 47.2 Å². The van der Waals surface area contributed by atoms with Crippen LogP contribution in [0.3, 0.4) is 0 Å². The molecule has 0 unspecified atom stereocenters. The van der Waals surface area contributed by atoms with E-state index in [0.29, 0.717) is 38.2 Å². The maximum atomic E-state index is 13.0. The second kappa shape index (κ2) is 9.50. The van der Waals surface area contributed by atoms with Crippen LogP contribution < -0.4 is 15.5 Å². The molecule has 28 heavy (non-hydrogen) atoms. The Hall–Kier alpha value is -2.68. The maximum Gasteiger partial charge on any atom is 0.404 e. The van der Waals surface area contributed by atoms with Crippen molar-refractivity contribution < 1.29 is 14.7 Å². The molecule has 1 saturated carbocycles. The molecule has 2 aromatic rings. The van der Waals surface area contributed by atoms with Crippen molar-refractivity contribution in [1.82, 2.24) is 20.6 Å². The van der Waals surface area contributed by atoms with Crippen molar-refractivity contribution in [3.8, 4) is 0 Å². The lowest BCUT2D eigenvalue weighted by Crippen LogP contribution is -2.50. The summed E-state index contributed by atoms with van der Waals surface area (Å²) in [5.74, 6) is 0.336. The van der Waals surface area contributed by atoms with Gasteiger partial charge in [-0.1, -0.05) is 30.3 Å². The van der Waals surface area contributed by atoms with Gasteiger partial charge in [-0.3, -0.25) is 4.90 Å². The van der Waals surface area contributed by atoms with Crippen LogP contribution in [0, 0.1) is 0 Å². The zero-order chi connectivity index (χ0) is 19.9. The van der Waals surface area contributed by atoms with E-state index in [1.807, 2.05) is 30.3 Å². The van der Waals surface area contributed by atoms with Gasteiger partial charge in [-0.25, -0.2) is 19.6 Å². The summed E-state index contributed by atoms with van der Waals surface area (Å²) in [6, 6.07) is 9.23. The SMILES string of the molecule is O=C(O)NC1CCC(N(C(=O)NCc2ccccc2)c2ncc(Br)cn2)CC1. The molecule has 3 rings (SSSR count). The molecule has 0 radical (unpaired) electrons. The van der Waals surface area contributed by atoms with Crippen LogP contribution in [0.4, 0.5) is 15.5 Å². The minimum atomic E-state index is -1.02. The van der Waals surface area contributed by atoms with Crippen molar-refractivity contribution >= 4 is 34.0 Å². The fourth-order valence-corrected chi connectivity index (χ4v) is 3.57. The van der Waals surface area contributed by atoms with Crippen LogP contribution in [-0.4, -0.2) is 39.3 Å². The number of nitrogens with zero attached hydrogens (tertiary/aromatic N) is 3. The topological polar surface area (TPSA) is 107 Å². The molecular weight excluding hydrogens is 426 g/mol. The number of urea groups is 1. The Morgan fingerprint density at radius 3 is 2.36 bits per heavy atom. The molecule has 0 aliphatic heterocycles. The van der Waals surface area contributed by atoms with Crippen LogP contribution in [0.25, 0.3) is 0 Å². The minimum Gasteiger partial charge on any atom is -0.465 e. The first-order valence-corrected chi connectivity index (χ1v) is 9.90. The van der Waals surface area contributed by atoms with Gasteiger partial charge < -0.3 is 15.7 Å². The molecule has 0 saturated heterocycles. The first-order valence-electron chi connectivity index (χ1n) is 9.11. The molecule has 3 N–H and O–H groups in total. The lowest BCUT2D eigenvalue weighted by atomic mass is 9.90. The molecule has 1 aromatic carbocycles. The zero-order valence-corrected chi connectivity index (χ0v) is 16.8. The lowest BCUT2D eigenvalue weighted by Gasteiger charge is -2.35. The Morgan fingerprint density at radius 1 is 1.11 bits per heavy atom. The lowest BCUT2D eigenvalue weighted by molar-refractivity contribution is 0.184. The van der Waals surface area contributed by atoms with E-state index in [-0.39, 0.29) is 18.1 Å². The van der Waals surface area contributed by atoms with E-state index >= 15 is 0 Å². The monoisotopic (exact) mass is 447 g/mol. The van der Waals surface area contributed by atoms with E-state index in [0.717, 1.165) is 10.0 Å². The Morgan fingerprint density at radius 2 is 1.75 bits per heavy atom. The molecule has 1 fully saturated rings. The minimum absolute atomic E-state index is 0.0891. The molecular formula is C19H22BrN5O3. The molecule has 3 amide bonds. The summed E-state index contributed by atoms with van der Waals surface area (Å²) in [7, 11) is 0. The number of carboxylic acid groups (broad SMARTS) is 1. The van der Waals surface area contributed by atoms with Gasteiger partial charge in [0, 0.05) is 31.0 Å².